The van der Waals surface area contributed by atoms with Crippen molar-refractivity contribution in [1.29, 1.82) is 0 Å². The molecule has 2 aromatic rings. The maximum Gasteiger partial charge on any atom is 0.203 e. The summed E-state index contributed by atoms with van der Waals surface area (Å²) in [6, 6.07) is 11.7. The summed E-state index contributed by atoms with van der Waals surface area (Å²) >= 11 is 6.22. The topological polar surface area (TPSA) is 64.1 Å². The highest BCUT2D eigenvalue weighted by atomic mass is 35.5. The van der Waals surface area contributed by atoms with Crippen molar-refractivity contribution < 1.29 is 14.2 Å². The number of benzene rings is 2. The molecule has 0 unspecified atom stereocenters. The van der Waals surface area contributed by atoms with Crippen LogP contribution in [0.3, 0.4) is 0 Å². The van der Waals surface area contributed by atoms with Gasteiger partial charge in [-0.2, -0.15) is 0 Å². The molecule has 2 aromatic carbocycles. The maximum atomic E-state index is 6.22. The third-order valence-electron chi connectivity index (χ3n) is 4.13. The van der Waals surface area contributed by atoms with E-state index in [-0.39, 0.29) is 0 Å². The first kappa shape index (κ1) is 21.7. The number of methoxy groups -OCH3 is 3. The van der Waals surface area contributed by atoms with Gasteiger partial charge in [0.2, 0.25) is 5.75 Å². The van der Waals surface area contributed by atoms with E-state index in [4.69, 9.17) is 25.8 Å². The van der Waals surface area contributed by atoms with E-state index >= 15 is 0 Å². The highest BCUT2D eigenvalue weighted by Gasteiger charge is 2.13. The summed E-state index contributed by atoms with van der Waals surface area (Å²) in [5.74, 6) is 2.54. The molecule has 0 bridgehead atoms. The van der Waals surface area contributed by atoms with Crippen LogP contribution in [0.5, 0.6) is 17.2 Å². The minimum absolute atomic E-state index is 0.470. The molecule has 0 aliphatic carbocycles. The molecule has 0 saturated heterocycles. The average molecular weight is 406 g/mol. The number of nitrogens with zero attached hydrogens (tertiary/aromatic N) is 1. The van der Waals surface area contributed by atoms with Crippen LogP contribution in [0.1, 0.15) is 18.1 Å². The molecule has 0 fully saturated rings. The van der Waals surface area contributed by atoms with Crippen LogP contribution in [-0.2, 0) is 13.0 Å². The minimum Gasteiger partial charge on any atom is -0.493 e. The van der Waals surface area contributed by atoms with Gasteiger partial charge in [0.1, 0.15) is 0 Å². The Labute approximate surface area is 171 Å². The molecule has 0 radical (unpaired) electrons. The van der Waals surface area contributed by atoms with Gasteiger partial charge in [-0.05, 0) is 42.7 Å². The molecular weight excluding hydrogens is 378 g/mol. The molecular formula is C21H28ClN3O3. The molecule has 6 nitrogen and oxygen atoms in total. The van der Waals surface area contributed by atoms with Gasteiger partial charge in [-0.1, -0.05) is 29.8 Å². The van der Waals surface area contributed by atoms with Gasteiger partial charge in [-0.25, -0.2) is 4.99 Å². The van der Waals surface area contributed by atoms with Crippen molar-refractivity contribution in [3.8, 4) is 17.2 Å². The molecule has 0 spiro atoms. The normalized spacial score (nSPS) is 11.1. The number of ether oxygens (including phenoxy) is 3. The van der Waals surface area contributed by atoms with Crippen molar-refractivity contribution in [3.05, 3.63) is 52.5 Å². The molecule has 28 heavy (non-hydrogen) atoms. The van der Waals surface area contributed by atoms with E-state index in [1.165, 1.54) is 0 Å². The quantitative estimate of drug-likeness (QED) is 0.492. The number of hydrogen-bond donors (Lipinski definition) is 2. The third-order valence-corrected chi connectivity index (χ3v) is 4.50. The molecule has 0 aromatic heterocycles. The molecule has 0 aliphatic heterocycles. The summed E-state index contributed by atoms with van der Waals surface area (Å²) < 4.78 is 16.2. The van der Waals surface area contributed by atoms with Crippen LogP contribution in [0.4, 0.5) is 0 Å². The van der Waals surface area contributed by atoms with Gasteiger partial charge in [0.05, 0.1) is 27.9 Å². The van der Waals surface area contributed by atoms with Gasteiger partial charge < -0.3 is 24.8 Å². The van der Waals surface area contributed by atoms with Crippen molar-refractivity contribution in [2.24, 2.45) is 4.99 Å². The number of rotatable bonds is 9. The van der Waals surface area contributed by atoms with E-state index in [0.29, 0.717) is 23.8 Å². The fourth-order valence-electron chi connectivity index (χ4n) is 2.76. The highest BCUT2D eigenvalue weighted by Crippen LogP contribution is 2.38. The fourth-order valence-corrected chi connectivity index (χ4v) is 2.99. The predicted molar refractivity (Wildman–Crippen MR) is 114 cm³/mol. The molecule has 0 aliphatic rings. The predicted octanol–water partition coefficient (Wildman–Crippen LogP) is 3.66. The van der Waals surface area contributed by atoms with Crippen LogP contribution in [0, 0.1) is 0 Å². The number of halogens is 1. The van der Waals surface area contributed by atoms with E-state index in [2.05, 4.69) is 15.6 Å². The van der Waals surface area contributed by atoms with Crippen molar-refractivity contribution in [3.63, 3.8) is 0 Å². The van der Waals surface area contributed by atoms with Crippen LogP contribution in [0.2, 0.25) is 5.02 Å². The minimum atomic E-state index is 0.470. The van der Waals surface area contributed by atoms with Crippen LogP contribution >= 0.6 is 11.6 Å². The average Bonchev–Trinajstić information content (AvgIpc) is 2.72. The van der Waals surface area contributed by atoms with Gasteiger partial charge >= 0.3 is 0 Å². The molecule has 2 N–H and O–H groups in total. The Balaban J connectivity index is 2.06. The van der Waals surface area contributed by atoms with Gasteiger partial charge in [-0.15, -0.1) is 0 Å². The van der Waals surface area contributed by atoms with Crippen molar-refractivity contribution in [2.45, 2.75) is 19.9 Å². The lowest BCUT2D eigenvalue weighted by Crippen LogP contribution is -2.38. The summed E-state index contributed by atoms with van der Waals surface area (Å²) in [5, 5.41) is 7.37. The SMILES string of the molecule is CCNC(=NCc1cc(OC)c(OC)c(OC)c1)NCCc1ccccc1Cl. The smallest absolute Gasteiger partial charge is 0.203 e. The van der Waals surface area contributed by atoms with Crippen LogP contribution in [-0.4, -0.2) is 40.4 Å². The number of aliphatic imine (C=N–C) groups is 1. The Morgan fingerprint density at radius 2 is 1.68 bits per heavy atom. The molecule has 7 heteroatoms. The molecule has 0 amide bonds. The number of nitrogens with one attached hydrogen (secondary N) is 2. The first-order chi connectivity index (χ1) is 13.6. The highest BCUT2D eigenvalue weighted by molar-refractivity contribution is 6.31. The summed E-state index contributed by atoms with van der Waals surface area (Å²) in [4.78, 5) is 4.65. The summed E-state index contributed by atoms with van der Waals surface area (Å²) in [6.07, 6.45) is 0.814. The first-order valence-corrected chi connectivity index (χ1v) is 9.55. The summed E-state index contributed by atoms with van der Waals surface area (Å²) in [7, 11) is 4.79. The van der Waals surface area contributed by atoms with Gasteiger partial charge in [0, 0.05) is 18.1 Å². The van der Waals surface area contributed by atoms with Crippen LogP contribution in [0.15, 0.2) is 41.4 Å². The molecule has 152 valence electrons. The van der Waals surface area contributed by atoms with Gasteiger partial charge in [-0.3, -0.25) is 0 Å². The zero-order valence-electron chi connectivity index (χ0n) is 16.8. The fraction of sp³-hybridized carbons (Fsp3) is 0.381. The zero-order valence-corrected chi connectivity index (χ0v) is 17.6. The van der Waals surface area contributed by atoms with Gasteiger partial charge in [0.15, 0.2) is 17.5 Å². The van der Waals surface area contributed by atoms with Crippen molar-refractivity contribution >= 4 is 17.6 Å². The standard InChI is InChI=1S/C21H28ClN3O3/c1-5-23-21(24-11-10-16-8-6-7-9-17(16)22)25-14-15-12-18(26-2)20(28-4)19(13-15)27-3/h6-9,12-13H,5,10-11,14H2,1-4H3,(H2,23,24,25). The Hall–Kier alpha value is -2.60. The molecule has 0 heterocycles. The number of hydrogen-bond acceptors (Lipinski definition) is 4. The maximum absolute atomic E-state index is 6.22. The second kappa shape index (κ2) is 11.3. The Bertz CT molecular complexity index is 771. The zero-order chi connectivity index (χ0) is 20.4. The first-order valence-electron chi connectivity index (χ1n) is 9.17. The summed E-state index contributed by atoms with van der Waals surface area (Å²) in [6.45, 7) is 4.00. The van der Waals surface area contributed by atoms with E-state index in [0.717, 1.165) is 41.6 Å². The van der Waals surface area contributed by atoms with E-state index < -0.39 is 0 Å². The molecule has 0 atom stereocenters. The second-order valence-corrected chi connectivity index (χ2v) is 6.40. The number of guanidine groups is 1. The van der Waals surface area contributed by atoms with E-state index in [1.54, 1.807) is 21.3 Å². The third kappa shape index (κ3) is 5.96. The molecule has 0 saturated carbocycles. The van der Waals surface area contributed by atoms with Crippen molar-refractivity contribution in [2.75, 3.05) is 34.4 Å². The van der Waals surface area contributed by atoms with E-state index in [9.17, 15) is 0 Å². The van der Waals surface area contributed by atoms with Crippen LogP contribution in [0.25, 0.3) is 0 Å². The molecule has 2 rings (SSSR count). The van der Waals surface area contributed by atoms with Crippen molar-refractivity contribution in [1.82, 2.24) is 10.6 Å². The second-order valence-electron chi connectivity index (χ2n) is 6.00. The largest absolute Gasteiger partial charge is 0.493 e. The lowest BCUT2D eigenvalue weighted by Gasteiger charge is -2.14. The lowest BCUT2D eigenvalue weighted by molar-refractivity contribution is 0.324. The Morgan fingerprint density at radius 3 is 2.25 bits per heavy atom. The lowest BCUT2D eigenvalue weighted by atomic mass is 10.1. The van der Waals surface area contributed by atoms with Gasteiger partial charge in [0.25, 0.3) is 0 Å². The summed E-state index contributed by atoms with van der Waals surface area (Å²) in [5.41, 5.74) is 2.06. The van der Waals surface area contributed by atoms with Crippen LogP contribution < -0.4 is 24.8 Å². The monoisotopic (exact) mass is 405 g/mol. The Morgan fingerprint density at radius 1 is 1.00 bits per heavy atom. The Kier molecular flexibility index (Phi) is 8.75. The van der Waals surface area contributed by atoms with E-state index in [1.807, 2.05) is 43.3 Å².